The van der Waals surface area contributed by atoms with Crippen LogP contribution in [0.5, 0.6) is 0 Å². The highest BCUT2D eigenvalue weighted by Gasteiger charge is 2.50. The molecular formula is C22H28N4O4. The van der Waals surface area contributed by atoms with Gasteiger partial charge >= 0.3 is 6.03 Å². The lowest BCUT2D eigenvalue weighted by Crippen LogP contribution is -2.47. The average Bonchev–Trinajstić information content (AvgIpc) is 3.23. The van der Waals surface area contributed by atoms with Crippen molar-refractivity contribution in [2.24, 2.45) is 0 Å². The maximum absolute atomic E-state index is 13.0. The first-order valence-corrected chi connectivity index (χ1v) is 10.8. The molecule has 1 aromatic carbocycles. The third kappa shape index (κ3) is 4.04. The number of nitrogens with zero attached hydrogens (tertiary/aromatic N) is 2. The fourth-order valence-electron chi connectivity index (χ4n) is 4.66. The fourth-order valence-corrected chi connectivity index (χ4v) is 4.66. The predicted octanol–water partition coefficient (Wildman–Crippen LogP) is 2.79. The second-order valence-electron chi connectivity index (χ2n) is 8.42. The number of imide groups is 1. The van der Waals surface area contributed by atoms with Crippen molar-refractivity contribution in [1.29, 1.82) is 0 Å². The Balaban J connectivity index is 1.37. The van der Waals surface area contributed by atoms with Gasteiger partial charge in [0.05, 0.1) is 0 Å². The van der Waals surface area contributed by atoms with E-state index in [1.54, 1.807) is 29.2 Å². The highest BCUT2D eigenvalue weighted by atomic mass is 16.2. The molecule has 0 radical (unpaired) electrons. The first-order valence-electron chi connectivity index (χ1n) is 10.8. The predicted molar refractivity (Wildman–Crippen MR) is 112 cm³/mol. The number of hydrogen-bond donors (Lipinski definition) is 2. The Morgan fingerprint density at radius 1 is 0.967 bits per heavy atom. The van der Waals surface area contributed by atoms with Crippen LogP contribution < -0.4 is 15.5 Å². The van der Waals surface area contributed by atoms with E-state index in [9.17, 15) is 19.2 Å². The van der Waals surface area contributed by atoms with Crippen LogP contribution in [0.3, 0.4) is 0 Å². The summed E-state index contributed by atoms with van der Waals surface area (Å²) in [7, 11) is 0. The van der Waals surface area contributed by atoms with Gasteiger partial charge in [0, 0.05) is 24.3 Å². The summed E-state index contributed by atoms with van der Waals surface area (Å²) in [6.45, 7) is 0.400. The topological polar surface area (TPSA) is 98.8 Å². The Bertz CT molecular complexity index is 843. The molecule has 2 aliphatic heterocycles. The highest BCUT2D eigenvalue weighted by Crippen LogP contribution is 2.32. The minimum absolute atomic E-state index is 0.105. The summed E-state index contributed by atoms with van der Waals surface area (Å²) < 4.78 is 0. The largest absolute Gasteiger partial charge is 0.325 e. The number of rotatable bonds is 4. The van der Waals surface area contributed by atoms with Gasteiger partial charge < -0.3 is 15.5 Å². The number of hydrogen-bond acceptors (Lipinski definition) is 4. The van der Waals surface area contributed by atoms with E-state index in [2.05, 4.69) is 10.6 Å². The molecule has 4 rings (SSSR count). The van der Waals surface area contributed by atoms with E-state index in [1.165, 1.54) is 0 Å². The zero-order chi connectivity index (χ0) is 21.1. The number of amides is 5. The molecule has 1 spiro atoms. The van der Waals surface area contributed by atoms with Gasteiger partial charge in [-0.25, -0.2) is 4.79 Å². The number of benzene rings is 1. The molecule has 160 valence electrons. The van der Waals surface area contributed by atoms with Gasteiger partial charge in [0.1, 0.15) is 12.1 Å². The summed E-state index contributed by atoms with van der Waals surface area (Å²) in [6.07, 6.45) is 7.76. The van der Waals surface area contributed by atoms with Gasteiger partial charge in [-0.2, -0.15) is 0 Å². The molecule has 3 fully saturated rings. The van der Waals surface area contributed by atoms with Crippen LogP contribution in [0.25, 0.3) is 0 Å². The lowest BCUT2D eigenvalue weighted by atomic mass is 9.84. The molecule has 8 nitrogen and oxygen atoms in total. The molecule has 2 N–H and O–H groups in total. The molecule has 0 aromatic heterocycles. The van der Waals surface area contributed by atoms with Gasteiger partial charge in [0.25, 0.3) is 5.91 Å². The third-order valence-corrected chi connectivity index (χ3v) is 6.29. The van der Waals surface area contributed by atoms with Gasteiger partial charge in [0.15, 0.2) is 0 Å². The maximum atomic E-state index is 13.0. The summed E-state index contributed by atoms with van der Waals surface area (Å²) in [5.41, 5.74) is 0.515. The summed E-state index contributed by atoms with van der Waals surface area (Å²) in [5.74, 6) is -0.604. The Labute approximate surface area is 176 Å². The van der Waals surface area contributed by atoms with Crippen LogP contribution in [0.2, 0.25) is 0 Å². The molecular weight excluding hydrogens is 384 g/mol. The van der Waals surface area contributed by atoms with Crippen LogP contribution in [0.15, 0.2) is 24.3 Å². The SMILES string of the molecule is O=C(CN1C(=O)NC2(CCCCCCC2)C1=O)Nc1ccc(N2CCCC2=O)cc1. The first kappa shape index (κ1) is 20.4. The number of urea groups is 1. The molecule has 2 saturated heterocycles. The van der Waals surface area contributed by atoms with Crippen LogP contribution in [0.4, 0.5) is 16.2 Å². The number of carbonyl (C=O) groups excluding carboxylic acids is 4. The summed E-state index contributed by atoms with van der Waals surface area (Å²) in [4.78, 5) is 52.5. The molecule has 0 atom stereocenters. The number of carbonyl (C=O) groups is 4. The number of nitrogens with one attached hydrogen (secondary N) is 2. The van der Waals surface area contributed by atoms with Crippen LogP contribution in [0, 0.1) is 0 Å². The molecule has 1 aromatic rings. The summed E-state index contributed by atoms with van der Waals surface area (Å²) >= 11 is 0. The van der Waals surface area contributed by atoms with Gasteiger partial charge in [-0.05, 0) is 43.5 Å². The zero-order valence-electron chi connectivity index (χ0n) is 17.1. The first-order chi connectivity index (χ1) is 14.5. The Kier molecular flexibility index (Phi) is 5.74. The second-order valence-corrected chi connectivity index (χ2v) is 8.42. The van der Waals surface area contributed by atoms with Crippen molar-refractivity contribution in [3.8, 4) is 0 Å². The molecule has 1 saturated carbocycles. The monoisotopic (exact) mass is 412 g/mol. The zero-order valence-corrected chi connectivity index (χ0v) is 17.1. The van der Waals surface area contributed by atoms with Gasteiger partial charge in [0.2, 0.25) is 11.8 Å². The van der Waals surface area contributed by atoms with E-state index in [0.717, 1.165) is 49.1 Å². The minimum Gasteiger partial charge on any atom is -0.325 e. The number of anilines is 2. The van der Waals surface area contributed by atoms with Crippen molar-refractivity contribution >= 4 is 35.1 Å². The summed E-state index contributed by atoms with van der Waals surface area (Å²) in [5, 5.41) is 5.61. The minimum atomic E-state index is -0.846. The lowest BCUT2D eigenvalue weighted by Gasteiger charge is -2.28. The van der Waals surface area contributed by atoms with E-state index < -0.39 is 17.5 Å². The molecule has 0 bridgehead atoms. The highest BCUT2D eigenvalue weighted by molar-refractivity contribution is 6.10. The standard InChI is InChI=1S/C22H28N4O4/c27-18(23-16-8-10-17(11-9-16)25-14-6-7-19(25)28)15-26-20(29)22(24-21(26)30)12-4-2-1-3-5-13-22/h8-11H,1-7,12-15H2,(H,23,27)(H,24,30). The fraction of sp³-hybridized carbons (Fsp3) is 0.545. The van der Waals surface area contributed by atoms with E-state index >= 15 is 0 Å². The Morgan fingerprint density at radius 3 is 2.27 bits per heavy atom. The van der Waals surface area contributed by atoms with Crippen LogP contribution in [-0.4, -0.2) is 47.3 Å². The average molecular weight is 412 g/mol. The quantitative estimate of drug-likeness (QED) is 0.743. The van der Waals surface area contributed by atoms with Crippen LogP contribution in [0.1, 0.15) is 57.8 Å². The molecule has 8 heteroatoms. The maximum Gasteiger partial charge on any atom is 0.325 e. The smallest absolute Gasteiger partial charge is 0.325 e. The lowest BCUT2D eigenvalue weighted by molar-refractivity contribution is -0.134. The molecule has 0 unspecified atom stereocenters. The Morgan fingerprint density at radius 2 is 1.63 bits per heavy atom. The molecule has 2 heterocycles. The molecule has 3 aliphatic rings. The van der Waals surface area contributed by atoms with Crippen LogP contribution >= 0.6 is 0 Å². The van der Waals surface area contributed by atoms with Gasteiger partial charge in [-0.1, -0.05) is 32.1 Å². The van der Waals surface area contributed by atoms with E-state index in [1.807, 2.05) is 0 Å². The van der Waals surface area contributed by atoms with Crippen molar-refractivity contribution < 1.29 is 19.2 Å². The molecule has 1 aliphatic carbocycles. The normalized spacial score (nSPS) is 21.5. The van der Waals surface area contributed by atoms with E-state index in [4.69, 9.17) is 0 Å². The van der Waals surface area contributed by atoms with Gasteiger partial charge in [-0.3, -0.25) is 19.3 Å². The van der Waals surface area contributed by atoms with Crippen molar-refractivity contribution in [3.05, 3.63) is 24.3 Å². The van der Waals surface area contributed by atoms with E-state index in [-0.39, 0.29) is 18.4 Å². The molecule has 5 amide bonds. The summed E-state index contributed by atoms with van der Waals surface area (Å²) in [6, 6.07) is 6.53. The second kappa shape index (κ2) is 8.45. The van der Waals surface area contributed by atoms with Crippen molar-refractivity contribution in [3.63, 3.8) is 0 Å². The van der Waals surface area contributed by atoms with E-state index in [0.29, 0.717) is 31.5 Å². The van der Waals surface area contributed by atoms with Crippen molar-refractivity contribution in [2.45, 2.75) is 63.3 Å². The molecule has 30 heavy (non-hydrogen) atoms. The van der Waals surface area contributed by atoms with Crippen molar-refractivity contribution in [1.82, 2.24) is 10.2 Å². The van der Waals surface area contributed by atoms with Crippen LogP contribution in [-0.2, 0) is 14.4 Å². The van der Waals surface area contributed by atoms with Crippen molar-refractivity contribution in [2.75, 3.05) is 23.3 Å². The van der Waals surface area contributed by atoms with Gasteiger partial charge in [-0.15, -0.1) is 0 Å². The Hall–Kier alpha value is -2.90. The third-order valence-electron chi connectivity index (χ3n) is 6.29.